The maximum Gasteiger partial charge on any atom is 0.337 e. The largest absolute Gasteiger partial charge is 0.478 e. The van der Waals surface area contributed by atoms with E-state index >= 15 is 0 Å². The zero-order valence-corrected chi connectivity index (χ0v) is 15.6. The van der Waals surface area contributed by atoms with E-state index in [9.17, 15) is 14.7 Å². The van der Waals surface area contributed by atoms with E-state index in [2.05, 4.69) is 0 Å². The number of halogens is 1. The van der Waals surface area contributed by atoms with Gasteiger partial charge < -0.3 is 9.52 Å². The van der Waals surface area contributed by atoms with Crippen molar-refractivity contribution in [3.8, 4) is 10.4 Å². The summed E-state index contributed by atoms with van der Waals surface area (Å²) in [6, 6.07) is 12.6. The first-order valence-electron chi connectivity index (χ1n) is 7.64. The lowest BCUT2D eigenvalue weighted by atomic mass is 10.1. The molecule has 0 amide bonds. The molecule has 0 saturated carbocycles. The number of carbonyl (C=O) groups is 2. The third-order valence-corrected chi connectivity index (χ3v) is 6.19. The standard InChI is InChI=1S/C19H11ClO4S2/c20-17-6-5-15(26-17)11-9-25-16(18(11)19(22)23)8-12(21)14-7-10-3-1-2-4-13(10)24-14/h1-7,9H,8H2,(H,22,23). The predicted molar refractivity (Wildman–Crippen MR) is 104 cm³/mol. The normalized spacial score (nSPS) is 11.1. The Balaban J connectivity index is 1.68. The molecule has 0 aliphatic carbocycles. The van der Waals surface area contributed by atoms with Gasteiger partial charge in [-0.15, -0.1) is 22.7 Å². The van der Waals surface area contributed by atoms with E-state index in [1.165, 1.54) is 22.7 Å². The fraction of sp³-hybridized carbons (Fsp3) is 0.0526. The van der Waals surface area contributed by atoms with Crippen molar-refractivity contribution in [2.75, 3.05) is 0 Å². The monoisotopic (exact) mass is 402 g/mol. The first-order valence-corrected chi connectivity index (χ1v) is 9.71. The van der Waals surface area contributed by atoms with Crippen LogP contribution in [0.4, 0.5) is 0 Å². The van der Waals surface area contributed by atoms with Crippen molar-refractivity contribution < 1.29 is 19.1 Å². The van der Waals surface area contributed by atoms with Gasteiger partial charge in [-0.25, -0.2) is 4.79 Å². The summed E-state index contributed by atoms with van der Waals surface area (Å²) in [6.45, 7) is 0. The second-order valence-corrected chi connectivity index (χ2v) is 8.28. The molecule has 4 nitrogen and oxygen atoms in total. The highest BCUT2D eigenvalue weighted by molar-refractivity contribution is 7.19. The smallest absolute Gasteiger partial charge is 0.337 e. The molecule has 0 spiro atoms. The zero-order chi connectivity index (χ0) is 18.3. The number of ketones is 1. The highest BCUT2D eigenvalue weighted by atomic mass is 35.5. The number of hydrogen-bond acceptors (Lipinski definition) is 5. The summed E-state index contributed by atoms with van der Waals surface area (Å²) in [4.78, 5) is 25.7. The number of aromatic carboxylic acids is 1. The molecular weight excluding hydrogens is 392 g/mol. The van der Waals surface area contributed by atoms with Crippen LogP contribution in [0.1, 0.15) is 25.8 Å². The van der Waals surface area contributed by atoms with E-state index in [4.69, 9.17) is 16.0 Å². The molecule has 26 heavy (non-hydrogen) atoms. The van der Waals surface area contributed by atoms with Gasteiger partial charge in [0.25, 0.3) is 0 Å². The quantitative estimate of drug-likeness (QED) is 0.416. The molecule has 0 bridgehead atoms. The minimum Gasteiger partial charge on any atom is -0.478 e. The number of para-hydroxylation sites is 1. The molecule has 3 aromatic heterocycles. The second-order valence-electron chi connectivity index (χ2n) is 5.60. The molecule has 1 aromatic carbocycles. The summed E-state index contributed by atoms with van der Waals surface area (Å²) in [5, 5.41) is 12.2. The van der Waals surface area contributed by atoms with Crippen LogP contribution in [0.25, 0.3) is 21.4 Å². The van der Waals surface area contributed by atoms with E-state index in [0.29, 0.717) is 20.4 Å². The van der Waals surface area contributed by atoms with Gasteiger partial charge in [0.2, 0.25) is 5.78 Å². The third kappa shape index (κ3) is 3.07. The third-order valence-electron chi connectivity index (χ3n) is 3.94. The van der Waals surface area contributed by atoms with E-state index in [1.807, 2.05) is 18.2 Å². The fourth-order valence-electron chi connectivity index (χ4n) is 2.76. The number of rotatable bonds is 5. The highest BCUT2D eigenvalue weighted by Gasteiger charge is 2.23. The molecule has 0 saturated heterocycles. The molecule has 4 rings (SSSR count). The van der Waals surface area contributed by atoms with Crippen molar-refractivity contribution in [1.29, 1.82) is 0 Å². The minimum atomic E-state index is -1.06. The molecule has 4 aromatic rings. The summed E-state index contributed by atoms with van der Waals surface area (Å²) in [5.41, 5.74) is 1.37. The first kappa shape index (κ1) is 17.0. The van der Waals surface area contributed by atoms with Crippen LogP contribution in [-0.2, 0) is 6.42 Å². The van der Waals surface area contributed by atoms with Crippen molar-refractivity contribution in [1.82, 2.24) is 0 Å². The van der Waals surface area contributed by atoms with Crippen LogP contribution in [-0.4, -0.2) is 16.9 Å². The number of carboxylic acids is 1. The molecule has 0 atom stereocenters. The zero-order valence-electron chi connectivity index (χ0n) is 13.2. The van der Waals surface area contributed by atoms with Crippen molar-refractivity contribution in [2.45, 2.75) is 6.42 Å². The highest BCUT2D eigenvalue weighted by Crippen LogP contribution is 2.38. The van der Waals surface area contributed by atoms with Gasteiger partial charge in [0, 0.05) is 32.5 Å². The van der Waals surface area contributed by atoms with Crippen molar-refractivity contribution in [3.05, 3.63) is 68.4 Å². The Labute approximate surface area is 161 Å². The Bertz CT molecular complexity index is 1100. The van der Waals surface area contributed by atoms with Crippen LogP contribution in [0, 0.1) is 0 Å². The lowest BCUT2D eigenvalue weighted by Crippen LogP contribution is -2.06. The van der Waals surface area contributed by atoms with Crippen LogP contribution < -0.4 is 0 Å². The van der Waals surface area contributed by atoms with Crippen LogP contribution in [0.3, 0.4) is 0 Å². The average molecular weight is 403 g/mol. The summed E-state index contributed by atoms with van der Waals surface area (Å²) >= 11 is 8.53. The Hall–Kier alpha value is -2.41. The van der Waals surface area contributed by atoms with Gasteiger partial charge in [0.05, 0.1) is 9.90 Å². The van der Waals surface area contributed by atoms with Crippen molar-refractivity contribution >= 4 is 57.0 Å². The van der Waals surface area contributed by atoms with Gasteiger partial charge in [-0.05, 0) is 24.3 Å². The maximum absolute atomic E-state index is 12.6. The Morgan fingerprint density at radius 1 is 1.15 bits per heavy atom. The number of fused-ring (bicyclic) bond motifs is 1. The number of carbonyl (C=O) groups excluding carboxylic acids is 1. The number of benzene rings is 1. The minimum absolute atomic E-state index is 0.0226. The fourth-order valence-corrected chi connectivity index (χ4v) is 4.93. The number of hydrogen-bond donors (Lipinski definition) is 1. The number of thiophene rings is 2. The molecule has 3 heterocycles. The van der Waals surface area contributed by atoms with Gasteiger partial charge >= 0.3 is 5.97 Å². The molecule has 7 heteroatoms. The van der Waals surface area contributed by atoms with Crippen LogP contribution in [0.2, 0.25) is 4.34 Å². The molecular formula is C19H11ClO4S2. The van der Waals surface area contributed by atoms with E-state index in [-0.39, 0.29) is 23.5 Å². The van der Waals surface area contributed by atoms with Gasteiger partial charge in [-0.2, -0.15) is 0 Å². The molecule has 0 radical (unpaired) electrons. The summed E-state index contributed by atoms with van der Waals surface area (Å²) < 4.78 is 6.18. The lowest BCUT2D eigenvalue weighted by molar-refractivity contribution is 0.0697. The number of carboxylic acid groups (broad SMARTS) is 1. The Kier molecular flexibility index (Phi) is 4.40. The Morgan fingerprint density at radius 3 is 2.65 bits per heavy atom. The molecule has 130 valence electrons. The number of furan rings is 1. The second kappa shape index (κ2) is 6.72. The van der Waals surface area contributed by atoms with Crippen molar-refractivity contribution in [3.63, 3.8) is 0 Å². The van der Waals surface area contributed by atoms with Gasteiger partial charge in [-0.3, -0.25) is 4.79 Å². The molecule has 0 aliphatic rings. The predicted octanol–water partition coefficient (Wildman–Crippen LogP) is 6.00. The van der Waals surface area contributed by atoms with Gasteiger partial charge in [-0.1, -0.05) is 29.8 Å². The van der Waals surface area contributed by atoms with Crippen LogP contribution >= 0.6 is 34.3 Å². The van der Waals surface area contributed by atoms with E-state index in [1.54, 1.807) is 29.6 Å². The molecule has 1 N–H and O–H groups in total. The van der Waals surface area contributed by atoms with Crippen LogP contribution in [0.5, 0.6) is 0 Å². The van der Waals surface area contributed by atoms with Gasteiger partial charge in [0.15, 0.2) is 5.76 Å². The maximum atomic E-state index is 12.6. The lowest BCUT2D eigenvalue weighted by Gasteiger charge is -2.01. The van der Waals surface area contributed by atoms with E-state index < -0.39 is 5.97 Å². The SMILES string of the molecule is O=C(Cc1scc(-c2ccc(Cl)s2)c1C(=O)O)c1cc2ccccc2o1. The number of Topliss-reactive ketones (excluding diaryl/α,β-unsaturated/α-hetero) is 1. The van der Waals surface area contributed by atoms with Crippen LogP contribution in [0.15, 0.2) is 52.3 Å². The molecule has 0 unspecified atom stereocenters. The molecule has 0 aliphatic heterocycles. The summed E-state index contributed by atoms with van der Waals surface area (Å²) in [5.74, 6) is -1.07. The van der Waals surface area contributed by atoms with Gasteiger partial charge in [0.1, 0.15) is 5.58 Å². The molecule has 0 fully saturated rings. The van der Waals surface area contributed by atoms with E-state index in [0.717, 1.165) is 10.3 Å². The average Bonchev–Trinajstić information content (AvgIpc) is 3.31. The summed E-state index contributed by atoms with van der Waals surface area (Å²) in [6.07, 6.45) is -0.0226. The summed E-state index contributed by atoms with van der Waals surface area (Å²) in [7, 11) is 0. The van der Waals surface area contributed by atoms with Crippen molar-refractivity contribution in [2.24, 2.45) is 0 Å². The topological polar surface area (TPSA) is 67.5 Å². The first-order chi connectivity index (χ1) is 12.5. The Morgan fingerprint density at radius 2 is 1.96 bits per heavy atom.